The number of nitrogens with zero attached hydrogens (tertiary/aromatic N) is 3. The topological polar surface area (TPSA) is 59.8 Å². The minimum Gasteiger partial charge on any atom is -0.319 e. The first-order chi connectivity index (χ1) is 14.8. The third-order valence-electron chi connectivity index (χ3n) is 4.49. The first-order valence-corrected chi connectivity index (χ1v) is 10.2. The zero-order valence-electron chi connectivity index (χ0n) is 16.0. The first kappa shape index (κ1) is 21.3. The van der Waals surface area contributed by atoms with E-state index in [0.29, 0.717) is 37.8 Å². The first-order valence-electron chi connectivity index (χ1n) is 9.08. The van der Waals surface area contributed by atoms with Gasteiger partial charge in [0.05, 0.1) is 15.7 Å². The molecule has 0 atom stereocenters. The van der Waals surface area contributed by atoms with Gasteiger partial charge in [-0.3, -0.25) is 4.79 Å². The molecule has 1 amide bonds. The maximum atomic E-state index is 13.4. The number of aryl methyl sites for hydroxylation is 1. The maximum Gasteiger partial charge on any atom is 0.295 e. The van der Waals surface area contributed by atoms with Gasteiger partial charge in [0.2, 0.25) is 5.82 Å². The van der Waals surface area contributed by atoms with E-state index in [9.17, 15) is 9.18 Å². The summed E-state index contributed by atoms with van der Waals surface area (Å²) < 4.78 is 14.9. The van der Waals surface area contributed by atoms with Gasteiger partial charge in [0, 0.05) is 16.3 Å². The molecule has 0 aliphatic rings. The molecule has 0 saturated heterocycles. The summed E-state index contributed by atoms with van der Waals surface area (Å²) in [6.45, 7) is 1.86. The molecule has 1 aromatic heterocycles. The zero-order valence-corrected chi connectivity index (χ0v) is 18.3. The van der Waals surface area contributed by atoms with Gasteiger partial charge in [0.1, 0.15) is 5.82 Å². The van der Waals surface area contributed by atoms with Crippen molar-refractivity contribution < 1.29 is 9.18 Å². The van der Waals surface area contributed by atoms with Gasteiger partial charge in [0.25, 0.3) is 5.91 Å². The summed E-state index contributed by atoms with van der Waals surface area (Å²) in [5.41, 5.74) is 2.51. The van der Waals surface area contributed by atoms with Crippen LogP contribution >= 0.6 is 34.8 Å². The molecule has 0 bridgehead atoms. The van der Waals surface area contributed by atoms with Crippen LogP contribution in [0.1, 0.15) is 16.2 Å². The fraction of sp³-hybridized carbons (Fsp3) is 0.0455. The van der Waals surface area contributed by atoms with Gasteiger partial charge in [-0.25, -0.2) is 14.1 Å². The third kappa shape index (κ3) is 4.56. The summed E-state index contributed by atoms with van der Waals surface area (Å²) >= 11 is 18.3. The molecule has 0 unspecified atom stereocenters. The number of hydrogen-bond acceptors (Lipinski definition) is 3. The highest BCUT2D eigenvalue weighted by atomic mass is 35.5. The van der Waals surface area contributed by atoms with Gasteiger partial charge in [-0.05, 0) is 67.1 Å². The predicted octanol–water partition coefficient (Wildman–Crippen LogP) is 6.59. The van der Waals surface area contributed by atoms with E-state index in [1.165, 1.54) is 16.8 Å². The smallest absolute Gasteiger partial charge is 0.295 e. The van der Waals surface area contributed by atoms with Crippen molar-refractivity contribution in [2.75, 3.05) is 5.32 Å². The van der Waals surface area contributed by atoms with Gasteiger partial charge in [0.15, 0.2) is 5.82 Å². The van der Waals surface area contributed by atoms with E-state index in [2.05, 4.69) is 15.4 Å². The summed E-state index contributed by atoms with van der Waals surface area (Å²) in [7, 11) is 0. The number of benzene rings is 3. The van der Waals surface area contributed by atoms with Crippen molar-refractivity contribution in [1.29, 1.82) is 0 Å². The van der Waals surface area contributed by atoms with Crippen LogP contribution in [0.5, 0.6) is 0 Å². The Labute approximate surface area is 192 Å². The van der Waals surface area contributed by atoms with E-state index in [4.69, 9.17) is 34.8 Å². The second kappa shape index (κ2) is 8.67. The van der Waals surface area contributed by atoms with Gasteiger partial charge in [-0.2, -0.15) is 0 Å². The monoisotopic (exact) mass is 474 g/mol. The van der Waals surface area contributed by atoms with Crippen LogP contribution in [0.4, 0.5) is 10.1 Å². The molecule has 0 saturated carbocycles. The quantitative estimate of drug-likeness (QED) is 0.362. The van der Waals surface area contributed by atoms with E-state index < -0.39 is 11.7 Å². The van der Waals surface area contributed by atoms with Crippen molar-refractivity contribution in [3.05, 3.63) is 92.9 Å². The Balaban J connectivity index is 1.76. The molecule has 1 heterocycles. The number of halogens is 4. The van der Waals surface area contributed by atoms with Crippen molar-refractivity contribution in [3.8, 4) is 17.1 Å². The Bertz CT molecular complexity index is 1290. The van der Waals surface area contributed by atoms with Crippen LogP contribution in [0.15, 0.2) is 60.7 Å². The fourth-order valence-electron chi connectivity index (χ4n) is 2.85. The average Bonchev–Trinajstić information content (AvgIpc) is 3.19. The fourth-order valence-corrected chi connectivity index (χ4v) is 3.32. The number of rotatable bonds is 4. The summed E-state index contributed by atoms with van der Waals surface area (Å²) in [6, 6.07) is 15.8. The average molecular weight is 476 g/mol. The number of carbonyl (C=O) groups is 1. The number of nitrogens with one attached hydrogen (secondary N) is 1. The third-order valence-corrected chi connectivity index (χ3v) is 5.64. The predicted molar refractivity (Wildman–Crippen MR) is 121 cm³/mol. The normalized spacial score (nSPS) is 10.9. The molecular formula is C22H14Cl3FN4O. The Morgan fingerprint density at radius 3 is 2.35 bits per heavy atom. The van der Waals surface area contributed by atoms with Crippen molar-refractivity contribution in [2.24, 2.45) is 0 Å². The Hall–Kier alpha value is -2.93. The minimum atomic E-state index is -0.526. The minimum absolute atomic E-state index is 0.0814. The molecule has 0 spiro atoms. The van der Waals surface area contributed by atoms with Crippen molar-refractivity contribution in [3.63, 3.8) is 0 Å². The molecular weight excluding hydrogens is 462 g/mol. The Morgan fingerprint density at radius 1 is 0.935 bits per heavy atom. The SMILES string of the molecule is Cc1ccc(NC(=O)c2nc(-c3ccc(F)cc3)n(-c3ccc(Cl)c(Cl)c3)n2)cc1Cl. The molecule has 0 aliphatic heterocycles. The number of hydrogen-bond donors (Lipinski definition) is 1. The van der Waals surface area contributed by atoms with Gasteiger partial charge < -0.3 is 5.32 Å². The van der Waals surface area contributed by atoms with Gasteiger partial charge in [-0.1, -0.05) is 40.9 Å². The lowest BCUT2D eigenvalue weighted by molar-refractivity contribution is 0.101. The van der Waals surface area contributed by atoms with Crippen LogP contribution < -0.4 is 5.32 Å². The Morgan fingerprint density at radius 2 is 1.68 bits per heavy atom. The molecule has 5 nitrogen and oxygen atoms in total. The maximum absolute atomic E-state index is 13.4. The van der Waals surface area contributed by atoms with Gasteiger partial charge in [-0.15, -0.1) is 5.10 Å². The molecule has 0 aliphatic carbocycles. The van der Waals surface area contributed by atoms with Crippen LogP contribution in [0, 0.1) is 12.7 Å². The van der Waals surface area contributed by atoms with E-state index in [-0.39, 0.29) is 5.82 Å². The summed E-state index contributed by atoms with van der Waals surface area (Å²) in [5.74, 6) is -0.659. The molecule has 0 radical (unpaired) electrons. The summed E-state index contributed by atoms with van der Waals surface area (Å²) in [5, 5.41) is 8.31. The second-order valence-corrected chi connectivity index (χ2v) is 7.92. The van der Waals surface area contributed by atoms with Crippen molar-refractivity contribution in [1.82, 2.24) is 14.8 Å². The highest BCUT2D eigenvalue weighted by Gasteiger charge is 2.20. The van der Waals surface area contributed by atoms with Crippen LogP contribution in [0.2, 0.25) is 15.1 Å². The molecule has 0 fully saturated rings. The molecule has 4 aromatic rings. The molecule has 1 N–H and O–H groups in total. The summed E-state index contributed by atoms with van der Waals surface area (Å²) in [4.78, 5) is 17.2. The van der Waals surface area contributed by atoms with Crippen LogP contribution in [-0.2, 0) is 0 Å². The number of amides is 1. The lowest BCUT2D eigenvalue weighted by Gasteiger charge is -2.07. The van der Waals surface area contributed by atoms with Crippen molar-refractivity contribution >= 4 is 46.4 Å². The van der Waals surface area contributed by atoms with Crippen LogP contribution in [0.25, 0.3) is 17.1 Å². The zero-order chi connectivity index (χ0) is 22.1. The number of carbonyl (C=O) groups excluding carboxylic acids is 1. The second-order valence-electron chi connectivity index (χ2n) is 6.69. The standard InChI is InChI=1S/C22H14Cl3FN4O/c1-12-2-7-15(10-18(12)24)27-22(31)20-28-21(13-3-5-14(26)6-4-13)30(29-20)16-8-9-17(23)19(25)11-16/h2-11H,1H3,(H,27,31). The van der Waals surface area contributed by atoms with E-state index in [1.807, 2.05) is 6.92 Å². The van der Waals surface area contributed by atoms with Crippen molar-refractivity contribution in [2.45, 2.75) is 6.92 Å². The van der Waals surface area contributed by atoms with Gasteiger partial charge >= 0.3 is 0 Å². The van der Waals surface area contributed by atoms with E-state index in [1.54, 1.807) is 48.5 Å². The summed E-state index contributed by atoms with van der Waals surface area (Å²) in [6.07, 6.45) is 0. The highest BCUT2D eigenvalue weighted by Crippen LogP contribution is 2.28. The van der Waals surface area contributed by atoms with E-state index in [0.717, 1.165) is 5.56 Å². The van der Waals surface area contributed by atoms with Crippen LogP contribution in [-0.4, -0.2) is 20.7 Å². The Kier molecular flexibility index (Phi) is 5.96. The lowest BCUT2D eigenvalue weighted by Crippen LogP contribution is -2.14. The molecule has 9 heteroatoms. The molecule has 3 aromatic carbocycles. The number of aromatic nitrogens is 3. The highest BCUT2D eigenvalue weighted by molar-refractivity contribution is 6.42. The van der Waals surface area contributed by atoms with E-state index >= 15 is 0 Å². The molecule has 156 valence electrons. The number of anilines is 1. The van der Waals surface area contributed by atoms with Crippen LogP contribution in [0.3, 0.4) is 0 Å². The molecule has 4 rings (SSSR count). The largest absolute Gasteiger partial charge is 0.319 e. The molecule has 31 heavy (non-hydrogen) atoms. The lowest BCUT2D eigenvalue weighted by atomic mass is 10.2.